The molecule has 0 radical (unpaired) electrons. The maximum Gasteiger partial charge on any atom is 0.306 e. The fraction of sp³-hybridized carbons (Fsp3) is 0.211. The number of aryl methyl sites for hydroxylation is 1. The molecule has 0 aliphatic carbocycles. The summed E-state index contributed by atoms with van der Waals surface area (Å²) in [5, 5.41) is 0. The summed E-state index contributed by atoms with van der Waals surface area (Å²) in [5.41, 5.74) is 5.63. The number of rotatable bonds is 6. The van der Waals surface area contributed by atoms with E-state index in [1.165, 1.54) is 19.1 Å². The van der Waals surface area contributed by atoms with E-state index in [1.54, 1.807) is 42.5 Å². The quantitative estimate of drug-likeness (QED) is 0.612. The highest BCUT2D eigenvalue weighted by molar-refractivity contribution is 5.95. The van der Waals surface area contributed by atoms with Crippen molar-refractivity contribution < 1.29 is 23.5 Å². The van der Waals surface area contributed by atoms with Crippen LogP contribution in [0.5, 0.6) is 0 Å². The third-order valence-electron chi connectivity index (χ3n) is 3.54. The number of halogens is 1. The van der Waals surface area contributed by atoms with Crippen molar-refractivity contribution in [3.63, 3.8) is 0 Å². The summed E-state index contributed by atoms with van der Waals surface area (Å²) in [7, 11) is 0. The molecular weight excluding hydrogens is 339 g/mol. The zero-order valence-electron chi connectivity index (χ0n) is 14.2. The molecule has 26 heavy (non-hydrogen) atoms. The summed E-state index contributed by atoms with van der Waals surface area (Å²) in [6.07, 6.45) is -0.635. The highest BCUT2D eigenvalue weighted by atomic mass is 19.1. The van der Waals surface area contributed by atoms with Crippen molar-refractivity contribution >= 4 is 17.8 Å². The number of hydrogen-bond acceptors (Lipinski definition) is 4. The number of carbonyl (C=O) groups is 3. The number of esters is 1. The van der Waals surface area contributed by atoms with Crippen molar-refractivity contribution in [2.24, 2.45) is 0 Å². The maximum absolute atomic E-state index is 12.8. The Morgan fingerprint density at radius 2 is 1.65 bits per heavy atom. The predicted molar refractivity (Wildman–Crippen MR) is 92.3 cm³/mol. The van der Waals surface area contributed by atoms with Crippen molar-refractivity contribution in [2.45, 2.75) is 25.9 Å². The summed E-state index contributed by atoms with van der Waals surface area (Å²) in [4.78, 5) is 35.5. The average Bonchev–Trinajstić information content (AvgIpc) is 2.66. The van der Waals surface area contributed by atoms with Gasteiger partial charge in [-0.25, -0.2) is 4.39 Å². The van der Waals surface area contributed by atoms with E-state index in [1.807, 2.05) is 0 Å². The average molecular weight is 358 g/mol. The summed E-state index contributed by atoms with van der Waals surface area (Å²) < 4.78 is 17.8. The van der Waals surface area contributed by atoms with Gasteiger partial charge in [-0.3, -0.25) is 25.2 Å². The molecule has 2 rings (SSSR count). The van der Waals surface area contributed by atoms with E-state index in [9.17, 15) is 18.8 Å². The molecule has 7 heteroatoms. The van der Waals surface area contributed by atoms with Crippen LogP contribution in [0.1, 0.15) is 29.3 Å². The summed E-state index contributed by atoms with van der Waals surface area (Å²) >= 11 is 0. The molecule has 0 aliphatic heterocycles. The van der Waals surface area contributed by atoms with Gasteiger partial charge in [0, 0.05) is 12.0 Å². The minimum Gasteiger partial charge on any atom is -0.452 e. The fourth-order valence-corrected chi connectivity index (χ4v) is 2.09. The fourth-order valence-electron chi connectivity index (χ4n) is 2.09. The van der Waals surface area contributed by atoms with Gasteiger partial charge in [0.25, 0.3) is 11.8 Å². The Bertz CT molecular complexity index is 763. The number of carbonyl (C=O) groups excluding carboxylic acids is 3. The van der Waals surface area contributed by atoms with Crippen LogP contribution < -0.4 is 10.9 Å². The van der Waals surface area contributed by atoms with Gasteiger partial charge in [-0.2, -0.15) is 0 Å². The Labute approximate surface area is 150 Å². The van der Waals surface area contributed by atoms with E-state index < -0.39 is 23.9 Å². The molecule has 0 saturated carbocycles. The highest BCUT2D eigenvalue weighted by Gasteiger charge is 2.18. The number of amides is 2. The van der Waals surface area contributed by atoms with Gasteiger partial charge in [-0.1, -0.05) is 30.3 Å². The lowest BCUT2D eigenvalue weighted by Gasteiger charge is -2.14. The Balaban J connectivity index is 1.72. The first kappa shape index (κ1) is 19.1. The smallest absolute Gasteiger partial charge is 0.306 e. The molecule has 1 atom stereocenters. The third kappa shape index (κ3) is 6.01. The number of hydrogen-bond donors (Lipinski definition) is 2. The molecule has 0 bridgehead atoms. The number of ether oxygens (including phenoxy) is 1. The number of hydrazine groups is 1. The largest absolute Gasteiger partial charge is 0.452 e. The van der Waals surface area contributed by atoms with Crippen LogP contribution in [0.2, 0.25) is 0 Å². The van der Waals surface area contributed by atoms with Crippen molar-refractivity contribution in [3.8, 4) is 0 Å². The predicted octanol–water partition coefficient (Wildman–Crippen LogP) is 2.15. The molecule has 2 aromatic carbocycles. The van der Waals surface area contributed by atoms with Crippen LogP contribution >= 0.6 is 0 Å². The van der Waals surface area contributed by atoms with Gasteiger partial charge >= 0.3 is 5.97 Å². The van der Waals surface area contributed by atoms with Crippen LogP contribution in [0.3, 0.4) is 0 Å². The Morgan fingerprint density at radius 1 is 1.00 bits per heavy atom. The first-order chi connectivity index (χ1) is 12.5. The van der Waals surface area contributed by atoms with Crippen LogP contribution in [-0.4, -0.2) is 23.9 Å². The standard InChI is InChI=1S/C19H19FN2O4/c1-13(18(24)21-22-19(25)15-5-3-2-4-6-15)26-17(23)12-9-14-7-10-16(20)11-8-14/h2-8,10-11,13H,9,12H2,1H3,(H,21,24)(H,22,25)/t13-/m0/s1. The first-order valence-corrected chi connectivity index (χ1v) is 8.05. The molecule has 0 heterocycles. The lowest BCUT2D eigenvalue weighted by Crippen LogP contribution is -2.46. The van der Waals surface area contributed by atoms with Crippen LogP contribution in [-0.2, 0) is 20.7 Å². The minimum absolute atomic E-state index is 0.0552. The summed E-state index contributed by atoms with van der Waals surface area (Å²) in [6, 6.07) is 14.1. The van der Waals surface area contributed by atoms with Gasteiger partial charge < -0.3 is 4.74 Å². The van der Waals surface area contributed by atoms with Crippen LogP contribution in [0.4, 0.5) is 4.39 Å². The molecular formula is C19H19FN2O4. The lowest BCUT2D eigenvalue weighted by molar-refractivity contribution is -0.155. The van der Waals surface area contributed by atoms with Crippen LogP contribution in [0.25, 0.3) is 0 Å². The highest BCUT2D eigenvalue weighted by Crippen LogP contribution is 2.07. The molecule has 0 aliphatic rings. The van der Waals surface area contributed by atoms with Crippen molar-refractivity contribution in [1.82, 2.24) is 10.9 Å². The minimum atomic E-state index is -1.06. The lowest BCUT2D eigenvalue weighted by atomic mass is 10.1. The van der Waals surface area contributed by atoms with E-state index in [2.05, 4.69) is 10.9 Å². The van der Waals surface area contributed by atoms with Gasteiger partial charge in [0.05, 0.1) is 0 Å². The van der Waals surface area contributed by atoms with Gasteiger partial charge in [0.1, 0.15) is 5.82 Å². The zero-order chi connectivity index (χ0) is 18.9. The monoisotopic (exact) mass is 358 g/mol. The van der Waals surface area contributed by atoms with Crippen molar-refractivity contribution in [1.29, 1.82) is 0 Å². The molecule has 0 spiro atoms. The number of benzene rings is 2. The summed E-state index contributed by atoms with van der Waals surface area (Å²) in [6.45, 7) is 1.40. The molecule has 0 fully saturated rings. The molecule has 2 aromatic rings. The molecule has 0 aromatic heterocycles. The third-order valence-corrected chi connectivity index (χ3v) is 3.54. The molecule has 2 N–H and O–H groups in total. The second-order valence-corrected chi connectivity index (χ2v) is 5.57. The van der Waals surface area contributed by atoms with Crippen LogP contribution in [0.15, 0.2) is 54.6 Å². The number of nitrogens with one attached hydrogen (secondary N) is 2. The van der Waals surface area contributed by atoms with Gasteiger partial charge in [-0.05, 0) is 43.2 Å². The zero-order valence-corrected chi connectivity index (χ0v) is 14.2. The molecule has 0 unspecified atom stereocenters. The van der Waals surface area contributed by atoms with E-state index >= 15 is 0 Å². The van der Waals surface area contributed by atoms with Gasteiger partial charge in [0.15, 0.2) is 6.10 Å². The Kier molecular flexibility index (Phi) is 6.84. The molecule has 6 nitrogen and oxygen atoms in total. The first-order valence-electron chi connectivity index (χ1n) is 8.05. The van der Waals surface area contributed by atoms with E-state index in [0.717, 1.165) is 5.56 Å². The topological polar surface area (TPSA) is 84.5 Å². The molecule has 0 saturated heterocycles. The van der Waals surface area contributed by atoms with Crippen molar-refractivity contribution in [3.05, 3.63) is 71.5 Å². The molecule has 136 valence electrons. The SMILES string of the molecule is C[C@H](OC(=O)CCc1ccc(F)cc1)C(=O)NNC(=O)c1ccccc1. The Morgan fingerprint density at radius 3 is 2.31 bits per heavy atom. The van der Waals surface area contributed by atoms with Gasteiger partial charge in [0.2, 0.25) is 0 Å². The van der Waals surface area contributed by atoms with Gasteiger partial charge in [-0.15, -0.1) is 0 Å². The van der Waals surface area contributed by atoms with E-state index in [0.29, 0.717) is 12.0 Å². The second-order valence-electron chi connectivity index (χ2n) is 5.57. The molecule has 2 amide bonds. The van der Waals surface area contributed by atoms with E-state index in [4.69, 9.17) is 4.74 Å². The summed E-state index contributed by atoms with van der Waals surface area (Å²) in [5.74, 6) is -2.04. The van der Waals surface area contributed by atoms with E-state index in [-0.39, 0.29) is 12.2 Å². The second kappa shape index (κ2) is 9.31. The maximum atomic E-state index is 12.8. The van der Waals surface area contributed by atoms with Crippen LogP contribution in [0, 0.1) is 5.82 Å². The Hall–Kier alpha value is -3.22. The normalized spacial score (nSPS) is 11.3. The van der Waals surface area contributed by atoms with Crippen molar-refractivity contribution in [2.75, 3.05) is 0 Å².